The maximum atomic E-state index is 11.0. The van der Waals surface area contributed by atoms with Crippen LogP contribution in [0.4, 0.5) is 0 Å². The number of hydrogen-bond donors (Lipinski definition) is 1. The van der Waals surface area contributed by atoms with Crippen molar-refractivity contribution in [1.82, 2.24) is 0 Å². The summed E-state index contributed by atoms with van der Waals surface area (Å²) in [7, 11) is -2.97. The molecular weight excluding hydrogens is 192 g/mol. The molecule has 0 atom stereocenters. The quantitative estimate of drug-likeness (QED) is 0.654. The molecule has 0 aromatic heterocycles. The molecule has 0 heterocycles. The van der Waals surface area contributed by atoms with Crippen LogP contribution in [0.3, 0.4) is 0 Å². The summed E-state index contributed by atoms with van der Waals surface area (Å²) in [5.74, 6) is -0.920. The molecule has 0 aromatic rings. The lowest BCUT2D eigenvalue weighted by Crippen LogP contribution is -2.09. The Morgan fingerprint density at radius 2 is 2.00 bits per heavy atom. The lowest BCUT2D eigenvalue weighted by atomic mass is 10.2. The molecule has 76 valence electrons. The Hall–Kier alpha value is -0.840. The zero-order valence-corrected chi connectivity index (χ0v) is 8.43. The number of carboxylic acids is 1. The lowest BCUT2D eigenvalue weighted by Gasteiger charge is -2.00. The third kappa shape index (κ3) is 5.41. The van der Waals surface area contributed by atoms with Crippen molar-refractivity contribution < 1.29 is 18.3 Å². The number of aliphatic carboxylic acids is 1. The maximum Gasteiger partial charge on any atom is 0.330 e. The molecule has 0 aliphatic rings. The molecule has 0 fully saturated rings. The van der Waals surface area contributed by atoms with Crippen molar-refractivity contribution in [3.63, 3.8) is 0 Å². The Bertz CT molecular complexity index is 289. The average molecular weight is 206 g/mol. The molecule has 0 unspecified atom stereocenters. The molecule has 0 amide bonds. The monoisotopic (exact) mass is 206 g/mol. The van der Waals surface area contributed by atoms with E-state index in [2.05, 4.69) is 6.58 Å². The molecule has 0 aromatic carbocycles. The first-order chi connectivity index (χ1) is 5.89. The zero-order chi connectivity index (χ0) is 10.5. The highest BCUT2D eigenvalue weighted by Gasteiger charge is 2.09. The molecular formula is C8H14O4S. The molecule has 0 aliphatic heterocycles. The van der Waals surface area contributed by atoms with Gasteiger partial charge >= 0.3 is 5.97 Å². The van der Waals surface area contributed by atoms with E-state index in [-0.39, 0.29) is 23.5 Å². The minimum absolute atomic E-state index is 0.0375. The molecule has 0 radical (unpaired) electrons. The number of sulfone groups is 1. The van der Waals surface area contributed by atoms with E-state index in [1.54, 1.807) is 6.92 Å². The number of hydrogen-bond acceptors (Lipinski definition) is 3. The van der Waals surface area contributed by atoms with Crippen molar-refractivity contribution in [2.75, 3.05) is 11.5 Å². The second-order valence-corrected chi connectivity index (χ2v) is 5.22. The van der Waals surface area contributed by atoms with Crippen LogP contribution in [0.2, 0.25) is 0 Å². The van der Waals surface area contributed by atoms with Gasteiger partial charge in [0.05, 0.1) is 5.75 Å². The van der Waals surface area contributed by atoms with Gasteiger partial charge in [0.2, 0.25) is 0 Å². The summed E-state index contributed by atoms with van der Waals surface area (Å²) in [5.41, 5.74) is 0.0614. The molecule has 0 saturated carbocycles. The first-order valence-corrected chi connectivity index (χ1v) is 5.82. The van der Waals surface area contributed by atoms with Crippen LogP contribution in [0.15, 0.2) is 12.2 Å². The van der Waals surface area contributed by atoms with Gasteiger partial charge in [0.25, 0.3) is 0 Å². The van der Waals surface area contributed by atoms with E-state index in [0.717, 1.165) is 0 Å². The van der Waals surface area contributed by atoms with Gasteiger partial charge in [-0.05, 0) is 12.8 Å². The van der Waals surface area contributed by atoms with E-state index in [0.29, 0.717) is 6.42 Å². The smallest absolute Gasteiger partial charge is 0.330 e. The molecule has 0 aliphatic carbocycles. The predicted octanol–water partition coefficient (Wildman–Crippen LogP) is 0.842. The number of rotatable bonds is 6. The van der Waals surface area contributed by atoms with E-state index < -0.39 is 15.8 Å². The molecule has 0 spiro atoms. The summed E-state index contributed by atoms with van der Waals surface area (Å²) in [6.45, 7) is 4.88. The van der Waals surface area contributed by atoms with Crippen LogP contribution in [0.25, 0.3) is 0 Å². The topological polar surface area (TPSA) is 71.4 Å². The second kappa shape index (κ2) is 5.01. The van der Waals surface area contributed by atoms with E-state index in [1.165, 1.54) is 0 Å². The number of carbonyl (C=O) groups is 1. The van der Waals surface area contributed by atoms with Crippen LogP contribution in [0.1, 0.15) is 19.8 Å². The first kappa shape index (κ1) is 12.2. The van der Waals surface area contributed by atoms with E-state index >= 15 is 0 Å². The van der Waals surface area contributed by atoms with Gasteiger partial charge in [-0.1, -0.05) is 13.5 Å². The highest BCUT2D eigenvalue weighted by atomic mass is 32.2. The fourth-order valence-electron chi connectivity index (χ4n) is 0.757. The minimum Gasteiger partial charge on any atom is -0.478 e. The Morgan fingerprint density at radius 1 is 1.46 bits per heavy atom. The fourth-order valence-corrected chi connectivity index (χ4v) is 1.63. The maximum absolute atomic E-state index is 11.0. The summed E-state index contributed by atoms with van der Waals surface area (Å²) in [5, 5.41) is 8.42. The number of carboxylic acid groups (broad SMARTS) is 1. The van der Waals surface area contributed by atoms with Crippen molar-refractivity contribution in [3.05, 3.63) is 12.2 Å². The Balaban J connectivity index is 3.82. The van der Waals surface area contributed by atoms with Crippen molar-refractivity contribution >= 4 is 15.8 Å². The average Bonchev–Trinajstić information content (AvgIpc) is 2.04. The van der Waals surface area contributed by atoms with Gasteiger partial charge in [-0.2, -0.15) is 0 Å². The summed E-state index contributed by atoms with van der Waals surface area (Å²) < 4.78 is 21.9. The van der Waals surface area contributed by atoms with Gasteiger partial charge in [0.1, 0.15) is 9.84 Å². The first-order valence-electron chi connectivity index (χ1n) is 4.00. The Morgan fingerprint density at radius 3 is 2.38 bits per heavy atom. The molecule has 4 nitrogen and oxygen atoms in total. The Labute approximate surface area is 78.2 Å². The fraction of sp³-hybridized carbons (Fsp3) is 0.625. The highest BCUT2D eigenvalue weighted by molar-refractivity contribution is 7.91. The molecule has 0 saturated heterocycles. The van der Waals surface area contributed by atoms with Crippen LogP contribution in [0.5, 0.6) is 0 Å². The molecule has 0 bridgehead atoms. The zero-order valence-electron chi connectivity index (χ0n) is 7.62. The third-order valence-corrected chi connectivity index (χ3v) is 3.47. The highest BCUT2D eigenvalue weighted by Crippen LogP contribution is 2.04. The largest absolute Gasteiger partial charge is 0.478 e. The summed E-state index contributed by atoms with van der Waals surface area (Å²) in [4.78, 5) is 10.3. The van der Waals surface area contributed by atoms with Crippen molar-refractivity contribution in [2.24, 2.45) is 0 Å². The van der Waals surface area contributed by atoms with Crippen LogP contribution in [0, 0.1) is 0 Å². The van der Waals surface area contributed by atoms with E-state index in [9.17, 15) is 13.2 Å². The van der Waals surface area contributed by atoms with E-state index in [4.69, 9.17) is 5.11 Å². The van der Waals surface area contributed by atoms with Crippen molar-refractivity contribution in [3.8, 4) is 0 Å². The standard InChI is InChI=1S/C8H14O4S/c1-3-13(11,12)6-4-5-7(2)8(9)10/h2-6H2,1H3,(H,9,10). The molecule has 5 heteroatoms. The van der Waals surface area contributed by atoms with Gasteiger partial charge in [-0.25, -0.2) is 13.2 Å². The Kier molecular flexibility index (Phi) is 4.69. The molecule has 0 rings (SSSR count). The molecule has 13 heavy (non-hydrogen) atoms. The summed E-state index contributed by atoms with van der Waals surface area (Å²) in [6.07, 6.45) is 0.565. The van der Waals surface area contributed by atoms with Gasteiger partial charge in [0.15, 0.2) is 0 Å². The van der Waals surface area contributed by atoms with Crippen LogP contribution in [-0.2, 0) is 14.6 Å². The van der Waals surface area contributed by atoms with Gasteiger partial charge in [-0.3, -0.25) is 0 Å². The van der Waals surface area contributed by atoms with Crippen LogP contribution < -0.4 is 0 Å². The lowest BCUT2D eigenvalue weighted by molar-refractivity contribution is -0.132. The summed E-state index contributed by atoms with van der Waals surface area (Å²) >= 11 is 0. The molecule has 1 N–H and O–H groups in total. The van der Waals surface area contributed by atoms with Crippen LogP contribution in [-0.4, -0.2) is 31.0 Å². The second-order valence-electron chi connectivity index (χ2n) is 2.75. The van der Waals surface area contributed by atoms with Crippen molar-refractivity contribution in [2.45, 2.75) is 19.8 Å². The SMILES string of the molecule is C=C(CCCS(=O)(=O)CC)C(=O)O. The third-order valence-electron chi connectivity index (χ3n) is 1.68. The normalized spacial score (nSPS) is 11.2. The van der Waals surface area contributed by atoms with Gasteiger partial charge in [-0.15, -0.1) is 0 Å². The minimum atomic E-state index is -2.97. The predicted molar refractivity (Wildman–Crippen MR) is 50.3 cm³/mol. The van der Waals surface area contributed by atoms with Crippen LogP contribution >= 0.6 is 0 Å². The van der Waals surface area contributed by atoms with Crippen molar-refractivity contribution in [1.29, 1.82) is 0 Å². The van der Waals surface area contributed by atoms with Gasteiger partial charge in [0, 0.05) is 11.3 Å². The van der Waals surface area contributed by atoms with E-state index in [1.807, 2.05) is 0 Å². The van der Waals surface area contributed by atoms with Gasteiger partial charge < -0.3 is 5.11 Å². The summed E-state index contributed by atoms with van der Waals surface area (Å²) in [6, 6.07) is 0.